The van der Waals surface area contributed by atoms with Crippen molar-refractivity contribution >= 4 is 100 Å². The molecule has 0 aliphatic heterocycles. The molecule has 0 saturated heterocycles. The minimum absolute atomic E-state index is 0.267. The highest BCUT2D eigenvalue weighted by molar-refractivity contribution is 9.10. The number of sulfone groups is 1. The molecule has 4 aromatic carbocycles. The molecule has 2 atom stereocenters. The molecule has 0 aromatic heterocycles. The lowest BCUT2D eigenvalue weighted by Crippen LogP contribution is -2.19. The van der Waals surface area contributed by atoms with Crippen molar-refractivity contribution in [3.05, 3.63) is 148 Å². The van der Waals surface area contributed by atoms with E-state index in [0.717, 1.165) is 20.1 Å². The third kappa shape index (κ3) is 7.80. The fourth-order valence-corrected chi connectivity index (χ4v) is 7.01. The van der Waals surface area contributed by atoms with E-state index >= 15 is 0 Å². The highest BCUT2D eigenvalue weighted by Gasteiger charge is 2.34. The first-order valence-corrected chi connectivity index (χ1v) is 16.3. The van der Waals surface area contributed by atoms with E-state index in [1.54, 1.807) is 60.7 Å². The summed E-state index contributed by atoms with van der Waals surface area (Å²) in [6.45, 7) is 0. The van der Waals surface area contributed by atoms with Crippen LogP contribution in [0.3, 0.4) is 0 Å². The van der Waals surface area contributed by atoms with Gasteiger partial charge >= 0.3 is 0 Å². The predicted molar refractivity (Wildman–Crippen MR) is 174 cm³/mol. The van der Waals surface area contributed by atoms with Gasteiger partial charge in [-0.05, 0) is 70.8 Å². The zero-order valence-electron chi connectivity index (χ0n) is 20.0. The van der Waals surface area contributed by atoms with Gasteiger partial charge in [-0.1, -0.05) is 139 Å². The molecule has 4 aromatic rings. The molecule has 2 unspecified atom stereocenters. The van der Waals surface area contributed by atoms with Gasteiger partial charge in [-0.25, -0.2) is 8.42 Å². The topological polar surface area (TPSA) is 34.1 Å². The largest absolute Gasteiger partial charge is 0.227 e. The summed E-state index contributed by atoms with van der Waals surface area (Å²) in [7, 11) is -3.98. The molecular formula is C30H20Br2Cl4O2S. The van der Waals surface area contributed by atoms with Crippen molar-refractivity contribution in [3.63, 3.8) is 0 Å². The number of hydrogen-bond donors (Lipinski definition) is 0. The van der Waals surface area contributed by atoms with Gasteiger partial charge in [-0.2, -0.15) is 0 Å². The van der Waals surface area contributed by atoms with Crippen LogP contribution in [0.5, 0.6) is 0 Å². The molecule has 0 amide bonds. The van der Waals surface area contributed by atoms with E-state index < -0.39 is 20.3 Å². The second-order valence-electron chi connectivity index (χ2n) is 8.60. The SMILES string of the molecule is O=S(=O)(C(C=Cc1ccc(Br)cc1)c1ccc(Cl)c(Cl)c1)C(C=Cc1ccc(Br)cc1)c1ccc(Cl)c(Cl)c1. The number of rotatable bonds is 8. The van der Waals surface area contributed by atoms with Gasteiger partial charge in [-0.3, -0.25) is 0 Å². The first kappa shape index (κ1) is 30.4. The maximum Gasteiger partial charge on any atom is 0.171 e. The van der Waals surface area contributed by atoms with E-state index in [-0.39, 0.29) is 10.0 Å². The van der Waals surface area contributed by atoms with E-state index in [0.29, 0.717) is 21.2 Å². The summed E-state index contributed by atoms with van der Waals surface area (Å²) in [5, 5.41) is -0.894. The van der Waals surface area contributed by atoms with Crippen LogP contribution in [-0.2, 0) is 9.84 Å². The van der Waals surface area contributed by atoms with Crippen LogP contribution in [0.1, 0.15) is 32.8 Å². The Labute approximate surface area is 265 Å². The smallest absolute Gasteiger partial charge is 0.171 e. The number of benzene rings is 4. The summed E-state index contributed by atoms with van der Waals surface area (Å²) in [5.41, 5.74) is 2.66. The molecular weight excluding hydrogens is 726 g/mol. The molecule has 2 nitrogen and oxygen atoms in total. The fourth-order valence-electron chi connectivity index (χ4n) is 3.90. The Hall–Kier alpha value is -1.57. The van der Waals surface area contributed by atoms with Crippen molar-refractivity contribution < 1.29 is 8.42 Å². The van der Waals surface area contributed by atoms with Crippen LogP contribution >= 0.6 is 78.3 Å². The van der Waals surface area contributed by atoms with E-state index in [4.69, 9.17) is 46.4 Å². The highest BCUT2D eigenvalue weighted by atomic mass is 79.9. The minimum atomic E-state index is -3.98. The second-order valence-corrected chi connectivity index (χ2v) is 14.3. The Morgan fingerprint density at radius 2 is 0.897 bits per heavy atom. The molecule has 0 radical (unpaired) electrons. The third-order valence-corrected chi connectivity index (χ3v) is 10.7. The van der Waals surface area contributed by atoms with Gasteiger partial charge in [0.1, 0.15) is 10.5 Å². The fraction of sp³-hybridized carbons (Fsp3) is 0.0667. The molecule has 0 heterocycles. The van der Waals surface area contributed by atoms with Gasteiger partial charge < -0.3 is 0 Å². The van der Waals surface area contributed by atoms with Gasteiger partial charge in [0.2, 0.25) is 0 Å². The lowest BCUT2D eigenvalue weighted by molar-refractivity contribution is 0.584. The van der Waals surface area contributed by atoms with E-state index in [9.17, 15) is 8.42 Å². The molecule has 0 aliphatic rings. The van der Waals surface area contributed by atoms with Gasteiger partial charge in [0.15, 0.2) is 9.84 Å². The molecule has 0 aliphatic carbocycles. The van der Waals surface area contributed by atoms with Gasteiger partial charge in [0, 0.05) is 8.95 Å². The molecule has 9 heteroatoms. The maximum atomic E-state index is 14.5. The summed E-state index contributed by atoms with van der Waals surface area (Å²) in [6, 6.07) is 24.8. The molecule has 200 valence electrons. The maximum absolute atomic E-state index is 14.5. The Morgan fingerprint density at radius 1 is 0.538 bits per heavy atom. The summed E-state index contributed by atoms with van der Waals surface area (Å²) in [5.74, 6) is 0. The predicted octanol–water partition coefficient (Wildman–Crippen LogP) is 11.4. The highest BCUT2D eigenvalue weighted by Crippen LogP contribution is 2.40. The van der Waals surface area contributed by atoms with Gasteiger partial charge in [0.25, 0.3) is 0 Å². The average Bonchev–Trinajstić information content (AvgIpc) is 2.90. The lowest BCUT2D eigenvalue weighted by atomic mass is 10.1. The number of halogens is 6. The standard InChI is InChI=1S/C30H20Br2Cl4O2S/c31-23-9-1-19(2-10-23)5-15-29(21-7-13-25(33)27(35)17-21)39(37,38)30(22-8-14-26(34)28(36)18-22)16-6-20-3-11-24(32)12-4-20/h1-18,29-30H. The molecule has 4 rings (SSSR count). The normalized spacial score (nSPS) is 13.7. The third-order valence-electron chi connectivity index (χ3n) is 5.92. The van der Waals surface area contributed by atoms with Crippen LogP contribution < -0.4 is 0 Å². The van der Waals surface area contributed by atoms with E-state index in [1.807, 2.05) is 48.5 Å². The average molecular weight is 746 g/mol. The van der Waals surface area contributed by atoms with Crippen LogP contribution in [0.2, 0.25) is 20.1 Å². The molecule has 0 bridgehead atoms. The Kier molecular flexibility index (Phi) is 10.4. The summed E-state index contributed by atoms with van der Waals surface area (Å²) in [6.07, 6.45) is 6.88. The quantitative estimate of drug-likeness (QED) is 0.180. The van der Waals surface area contributed by atoms with Crippen molar-refractivity contribution in [1.29, 1.82) is 0 Å². The Balaban J connectivity index is 1.86. The molecule has 0 saturated carbocycles. The zero-order chi connectivity index (χ0) is 28.2. The Morgan fingerprint density at radius 3 is 1.23 bits per heavy atom. The van der Waals surface area contributed by atoms with Crippen molar-refractivity contribution in [1.82, 2.24) is 0 Å². The van der Waals surface area contributed by atoms with Crippen LogP contribution in [0.4, 0.5) is 0 Å². The summed E-state index contributed by atoms with van der Waals surface area (Å²) < 4.78 is 30.9. The van der Waals surface area contributed by atoms with E-state index in [2.05, 4.69) is 31.9 Å². The van der Waals surface area contributed by atoms with Crippen molar-refractivity contribution in [2.75, 3.05) is 0 Å². The van der Waals surface area contributed by atoms with Crippen LogP contribution in [-0.4, -0.2) is 8.42 Å². The zero-order valence-corrected chi connectivity index (χ0v) is 27.1. The van der Waals surface area contributed by atoms with Gasteiger partial charge in [0.05, 0.1) is 20.1 Å². The monoisotopic (exact) mass is 742 g/mol. The molecule has 39 heavy (non-hydrogen) atoms. The minimum Gasteiger partial charge on any atom is -0.227 e. The van der Waals surface area contributed by atoms with Crippen LogP contribution in [0, 0.1) is 0 Å². The second kappa shape index (κ2) is 13.4. The van der Waals surface area contributed by atoms with Gasteiger partial charge in [-0.15, -0.1) is 0 Å². The molecule has 0 spiro atoms. The number of hydrogen-bond acceptors (Lipinski definition) is 2. The lowest BCUT2D eigenvalue weighted by Gasteiger charge is -2.22. The summed E-state index contributed by atoms with van der Waals surface area (Å²) in [4.78, 5) is 0. The van der Waals surface area contributed by atoms with E-state index in [1.165, 1.54) is 0 Å². The molecule has 0 fully saturated rings. The Bertz CT molecular complexity index is 1520. The van der Waals surface area contributed by atoms with Crippen molar-refractivity contribution in [3.8, 4) is 0 Å². The van der Waals surface area contributed by atoms with Crippen molar-refractivity contribution in [2.45, 2.75) is 10.5 Å². The van der Waals surface area contributed by atoms with Crippen LogP contribution in [0.25, 0.3) is 12.2 Å². The first-order valence-electron chi connectivity index (χ1n) is 11.5. The van der Waals surface area contributed by atoms with Crippen LogP contribution in [0.15, 0.2) is 106 Å². The van der Waals surface area contributed by atoms with Crippen molar-refractivity contribution in [2.24, 2.45) is 0 Å². The summed E-state index contributed by atoms with van der Waals surface area (Å²) >= 11 is 31.8. The molecule has 0 N–H and O–H groups in total. The first-order chi connectivity index (χ1) is 18.5.